The van der Waals surface area contributed by atoms with Crippen molar-refractivity contribution in [1.29, 1.82) is 0 Å². The molecule has 0 radical (unpaired) electrons. The number of pyridine rings is 1. The summed E-state index contributed by atoms with van der Waals surface area (Å²) in [6.07, 6.45) is 3.72. The molecule has 4 nitrogen and oxygen atoms in total. The van der Waals surface area contributed by atoms with Gasteiger partial charge in [0.05, 0.1) is 22.5 Å². The van der Waals surface area contributed by atoms with Crippen LogP contribution in [0.4, 0.5) is 10.1 Å². The summed E-state index contributed by atoms with van der Waals surface area (Å²) >= 11 is 0. The number of carboxylic acid groups (broad SMARTS) is 1. The van der Waals surface area contributed by atoms with Gasteiger partial charge >= 0.3 is 5.97 Å². The number of hydrogen-bond donors (Lipinski definition) is 2. The Morgan fingerprint density at radius 1 is 1.15 bits per heavy atom. The molecule has 132 valence electrons. The summed E-state index contributed by atoms with van der Waals surface area (Å²) in [5.74, 6) is -0.583. The maximum atomic E-state index is 13.3. The minimum absolute atomic E-state index is 0.235. The van der Waals surface area contributed by atoms with E-state index < -0.39 is 5.97 Å². The van der Waals surface area contributed by atoms with Crippen LogP contribution in [0.3, 0.4) is 0 Å². The molecule has 3 aromatic rings. The van der Waals surface area contributed by atoms with Gasteiger partial charge in [-0.15, -0.1) is 0 Å². The van der Waals surface area contributed by atoms with Crippen LogP contribution in [0.1, 0.15) is 29.6 Å². The fourth-order valence-corrected chi connectivity index (χ4v) is 3.22. The van der Waals surface area contributed by atoms with Crippen LogP contribution in [0, 0.1) is 11.7 Å². The first-order valence-corrected chi connectivity index (χ1v) is 8.78. The SMILES string of the molecule is O=C(O)c1ccc2nc(-c3ccc(F)cc3)c(NCC3CCC3)cc2c1. The molecule has 0 amide bonds. The van der Waals surface area contributed by atoms with Gasteiger partial charge in [-0.2, -0.15) is 0 Å². The fraction of sp³-hybridized carbons (Fsp3) is 0.238. The molecule has 0 atom stereocenters. The highest BCUT2D eigenvalue weighted by atomic mass is 19.1. The van der Waals surface area contributed by atoms with Crippen LogP contribution in [0.5, 0.6) is 0 Å². The lowest BCUT2D eigenvalue weighted by atomic mass is 9.85. The Morgan fingerprint density at radius 2 is 1.92 bits per heavy atom. The first-order chi connectivity index (χ1) is 12.6. The molecule has 0 aliphatic heterocycles. The molecular formula is C21H19FN2O2. The number of halogens is 1. The van der Waals surface area contributed by atoms with E-state index in [2.05, 4.69) is 5.32 Å². The molecule has 2 aromatic carbocycles. The summed E-state index contributed by atoms with van der Waals surface area (Å²) in [5.41, 5.74) is 3.37. The lowest BCUT2D eigenvalue weighted by molar-refractivity contribution is 0.0697. The van der Waals surface area contributed by atoms with Crippen molar-refractivity contribution in [3.8, 4) is 11.3 Å². The monoisotopic (exact) mass is 350 g/mol. The van der Waals surface area contributed by atoms with Crippen molar-refractivity contribution in [3.63, 3.8) is 0 Å². The van der Waals surface area contributed by atoms with Gasteiger partial charge in [0.2, 0.25) is 0 Å². The molecule has 5 heteroatoms. The predicted octanol–water partition coefficient (Wildman–Crippen LogP) is 4.95. The van der Waals surface area contributed by atoms with Crippen molar-refractivity contribution >= 4 is 22.6 Å². The second-order valence-electron chi connectivity index (χ2n) is 6.78. The zero-order valence-electron chi connectivity index (χ0n) is 14.2. The second kappa shape index (κ2) is 6.75. The van der Waals surface area contributed by atoms with Gasteiger partial charge in [0.25, 0.3) is 0 Å². The molecule has 0 spiro atoms. The fourth-order valence-electron chi connectivity index (χ4n) is 3.22. The number of hydrogen-bond acceptors (Lipinski definition) is 3. The molecule has 26 heavy (non-hydrogen) atoms. The Kier molecular flexibility index (Phi) is 4.29. The lowest BCUT2D eigenvalue weighted by Gasteiger charge is -2.26. The Bertz CT molecular complexity index is 966. The average molecular weight is 350 g/mol. The maximum Gasteiger partial charge on any atom is 0.335 e. The lowest BCUT2D eigenvalue weighted by Crippen LogP contribution is -2.21. The van der Waals surface area contributed by atoms with Crippen molar-refractivity contribution in [3.05, 3.63) is 59.9 Å². The van der Waals surface area contributed by atoms with Gasteiger partial charge in [0.15, 0.2) is 0 Å². The van der Waals surface area contributed by atoms with E-state index in [4.69, 9.17) is 4.98 Å². The first-order valence-electron chi connectivity index (χ1n) is 8.78. The highest BCUT2D eigenvalue weighted by Gasteiger charge is 2.18. The molecule has 1 aliphatic carbocycles. The van der Waals surface area contributed by atoms with E-state index in [0.717, 1.165) is 28.9 Å². The van der Waals surface area contributed by atoms with Gasteiger partial charge in [-0.05, 0) is 67.3 Å². The van der Waals surface area contributed by atoms with Crippen LogP contribution >= 0.6 is 0 Å². The number of benzene rings is 2. The summed E-state index contributed by atoms with van der Waals surface area (Å²) in [6, 6.07) is 13.1. The van der Waals surface area contributed by atoms with Gasteiger partial charge in [0.1, 0.15) is 5.82 Å². The first kappa shape index (κ1) is 16.5. The van der Waals surface area contributed by atoms with Crippen molar-refractivity contribution in [2.45, 2.75) is 19.3 Å². The Balaban J connectivity index is 1.79. The number of nitrogens with one attached hydrogen (secondary N) is 1. The standard InChI is InChI=1S/C21H19FN2O2/c22-17-7-4-14(5-8-17)20-19(23-12-13-2-1-3-13)11-16-10-15(21(25)26)6-9-18(16)24-20/h4-11,13,23H,1-3,12H2,(H,25,26). The number of anilines is 1. The van der Waals surface area contributed by atoms with E-state index in [1.54, 1.807) is 30.3 Å². The van der Waals surface area contributed by atoms with E-state index in [1.165, 1.54) is 31.4 Å². The Hall–Kier alpha value is -2.95. The van der Waals surface area contributed by atoms with Crippen molar-refractivity contribution in [1.82, 2.24) is 4.98 Å². The molecular weight excluding hydrogens is 331 g/mol. The molecule has 0 bridgehead atoms. The molecule has 2 N–H and O–H groups in total. The largest absolute Gasteiger partial charge is 0.478 e. The van der Waals surface area contributed by atoms with Crippen LogP contribution in [-0.2, 0) is 0 Å². The number of fused-ring (bicyclic) bond motifs is 1. The molecule has 1 aliphatic rings. The third kappa shape index (κ3) is 3.25. The quantitative estimate of drug-likeness (QED) is 0.683. The maximum absolute atomic E-state index is 13.3. The van der Waals surface area contributed by atoms with E-state index in [0.29, 0.717) is 11.4 Å². The molecule has 1 fully saturated rings. The van der Waals surface area contributed by atoms with E-state index in [-0.39, 0.29) is 11.4 Å². The summed E-state index contributed by atoms with van der Waals surface area (Å²) in [5, 5.41) is 13.5. The second-order valence-corrected chi connectivity index (χ2v) is 6.78. The highest BCUT2D eigenvalue weighted by Crippen LogP contribution is 2.32. The summed E-state index contributed by atoms with van der Waals surface area (Å²) in [4.78, 5) is 16.0. The minimum Gasteiger partial charge on any atom is -0.478 e. The van der Waals surface area contributed by atoms with Crippen LogP contribution in [0.25, 0.3) is 22.2 Å². The average Bonchev–Trinajstić information content (AvgIpc) is 2.60. The molecule has 0 saturated heterocycles. The van der Waals surface area contributed by atoms with E-state index in [9.17, 15) is 14.3 Å². The summed E-state index contributed by atoms with van der Waals surface area (Å²) in [7, 11) is 0. The molecule has 0 unspecified atom stereocenters. The zero-order valence-corrected chi connectivity index (χ0v) is 14.2. The number of aromatic nitrogens is 1. The number of nitrogens with zero attached hydrogens (tertiary/aromatic N) is 1. The minimum atomic E-state index is -0.960. The third-order valence-electron chi connectivity index (χ3n) is 4.99. The number of rotatable bonds is 5. The summed E-state index contributed by atoms with van der Waals surface area (Å²) < 4.78 is 13.3. The Morgan fingerprint density at radius 3 is 2.58 bits per heavy atom. The highest BCUT2D eigenvalue weighted by molar-refractivity contribution is 5.95. The number of carbonyl (C=O) groups is 1. The number of aromatic carboxylic acids is 1. The number of carboxylic acids is 1. The smallest absolute Gasteiger partial charge is 0.335 e. The van der Waals surface area contributed by atoms with Crippen LogP contribution in [-0.4, -0.2) is 22.6 Å². The molecule has 4 rings (SSSR count). The van der Waals surface area contributed by atoms with Crippen LogP contribution < -0.4 is 5.32 Å². The van der Waals surface area contributed by atoms with Crippen molar-refractivity contribution in [2.24, 2.45) is 5.92 Å². The van der Waals surface area contributed by atoms with Gasteiger partial charge in [0, 0.05) is 17.5 Å². The molecule has 1 saturated carbocycles. The van der Waals surface area contributed by atoms with Crippen molar-refractivity contribution in [2.75, 3.05) is 11.9 Å². The van der Waals surface area contributed by atoms with Crippen LogP contribution in [0.15, 0.2) is 48.5 Å². The van der Waals surface area contributed by atoms with E-state index in [1.807, 2.05) is 6.07 Å². The molecule has 1 heterocycles. The van der Waals surface area contributed by atoms with Gasteiger partial charge in [-0.1, -0.05) is 6.42 Å². The summed E-state index contributed by atoms with van der Waals surface area (Å²) in [6.45, 7) is 0.861. The topological polar surface area (TPSA) is 62.2 Å². The normalized spacial score (nSPS) is 14.2. The zero-order chi connectivity index (χ0) is 18.1. The van der Waals surface area contributed by atoms with E-state index >= 15 is 0 Å². The van der Waals surface area contributed by atoms with Gasteiger partial charge < -0.3 is 10.4 Å². The van der Waals surface area contributed by atoms with Crippen LogP contribution in [0.2, 0.25) is 0 Å². The van der Waals surface area contributed by atoms with Crippen molar-refractivity contribution < 1.29 is 14.3 Å². The molecule has 1 aromatic heterocycles. The predicted molar refractivity (Wildman–Crippen MR) is 99.9 cm³/mol. The third-order valence-corrected chi connectivity index (χ3v) is 4.99. The van der Waals surface area contributed by atoms with Gasteiger partial charge in [-0.25, -0.2) is 14.2 Å². The Labute approximate surface area is 150 Å². The van der Waals surface area contributed by atoms with Gasteiger partial charge in [-0.3, -0.25) is 0 Å².